The van der Waals surface area contributed by atoms with Crippen molar-refractivity contribution in [3.05, 3.63) is 35.9 Å². The molecule has 1 aromatic rings. The third kappa shape index (κ3) is 5.51. The second kappa shape index (κ2) is 6.84. The summed E-state index contributed by atoms with van der Waals surface area (Å²) in [6.45, 7) is 8.07. The minimum Gasteiger partial charge on any atom is -0.287 e. The molecule has 1 heterocycles. The normalized spacial score (nSPS) is 22.9. The number of hydrogen-bond donors (Lipinski definition) is 0. The molecule has 0 aromatic heterocycles. The second-order valence-electron chi connectivity index (χ2n) is 7.07. The van der Waals surface area contributed by atoms with Gasteiger partial charge in [0.05, 0.1) is 17.8 Å². The first kappa shape index (κ1) is 17.7. The molecule has 1 aliphatic rings. The standard InChI is InChI=1S/C17H27O4P/c1-16(2)12-13-17(3,4)21-22(18,20-16)19-14-8-11-15-9-6-5-7-10-15/h5-7,9-10H,8,11-14H2,1-4H3. The molecule has 1 saturated heterocycles. The van der Waals surface area contributed by atoms with Gasteiger partial charge in [-0.15, -0.1) is 0 Å². The lowest BCUT2D eigenvalue weighted by Gasteiger charge is -2.27. The number of hydrogen-bond acceptors (Lipinski definition) is 4. The average Bonchev–Trinajstić information content (AvgIpc) is 2.50. The predicted molar refractivity (Wildman–Crippen MR) is 87.9 cm³/mol. The highest BCUT2D eigenvalue weighted by molar-refractivity contribution is 7.48. The van der Waals surface area contributed by atoms with E-state index in [-0.39, 0.29) is 0 Å². The van der Waals surface area contributed by atoms with Gasteiger partial charge in [0, 0.05) is 0 Å². The van der Waals surface area contributed by atoms with E-state index < -0.39 is 19.0 Å². The molecule has 4 nitrogen and oxygen atoms in total. The van der Waals surface area contributed by atoms with E-state index in [0.717, 1.165) is 25.7 Å². The Morgan fingerprint density at radius 2 is 1.59 bits per heavy atom. The minimum atomic E-state index is -3.52. The summed E-state index contributed by atoms with van der Waals surface area (Å²) in [5, 5.41) is 0. The number of phosphoric ester groups is 1. The topological polar surface area (TPSA) is 44.8 Å². The first-order chi connectivity index (χ1) is 10.2. The van der Waals surface area contributed by atoms with Crippen LogP contribution in [0.15, 0.2) is 30.3 Å². The fraction of sp³-hybridized carbons (Fsp3) is 0.647. The number of aryl methyl sites for hydroxylation is 1. The van der Waals surface area contributed by atoms with Gasteiger partial charge < -0.3 is 0 Å². The van der Waals surface area contributed by atoms with Crippen LogP contribution in [0.25, 0.3) is 0 Å². The molecule has 0 bridgehead atoms. The van der Waals surface area contributed by atoms with E-state index in [9.17, 15) is 4.57 Å². The molecular formula is C17H27O4P. The van der Waals surface area contributed by atoms with Gasteiger partial charge in [0.25, 0.3) is 0 Å². The quantitative estimate of drug-likeness (QED) is 0.556. The van der Waals surface area contributed by atoms with E-state index in [4.69, 9.17) is 13.6 Å². The molecule has 0 unspecified atom stereocenters. The maximum atomic E-state index is 12.8. The lowest BCUT2D eigenvalue weighted by Crippen LogP contribution is -2.23. The van der Waals surface area contributed by atoms with Crippen molar-refractivity contribution in [2.24, 2.45) is 0 Å². The molecule has 1 aromatic carbocycles. The van der Waals surface area contributed by atoms with Crippen molar-refractivity contribution in [1.82, 2.24) is 0 Å². The summed E-state index contributed by atoms with van der Waals surface area (Å²) >= 11 is 0. The Morgan fingerprint density at radius 3 is 2.14 bits per heavy atom. The van der Waals surface area contributed by atoms with Crippen molar-refractivity contribution in [3.8, 4) is 0 Å². The highest BCUT2D eigenvalue weighted by Crippen LogP contribution is 2.59. The summed E-state index contributed by atoms with van der Waals surface area (Å²) < 4.78 is 29.8. The van der Waals surface area contributed by atoms with Crippen LogP contribution < -0.4 is 0 Å². The summed E-state index contributed by atoms with van der Waals surface area (Å²) in [5.41, 5.74) is 0.249. The fourth-order valence-corrected chi connectivity index (χ4v) is 4.36. The highest BCUT2D eigenvalue weighted by atomic mass is 31.2. The first-order valence-corrected chi connectivity index (χ1v) is 9.36. The Labute approximate surface area is 133 Å². The molecular weight excluding hydrogens is 299 g/mol. The molecule has 2 rings (SSSR count). The Bertz CT molecular complexity index is 503. The monoisotopic (exact) mass is 326 g/mol. The molecule has 0 amide bonds. The molecule has 1 fully saturated rings. The van der Waals surface area contributed by atoms with Gasteiger partial charge >= 0.3 is 7.82 Å². The van der Waals surface area contributed by atoms with E-state index >= 15 is 0 Å². The van der Waals surface area contributed by atoms with Crippen LogP contribution in [-0.2, 0) is 24.6 Å². The van der Waals surface area contributed by atoms with Gasteiger partial charge in [-0.25, -0.2) is 4.57 Å². The molecule has 1 aliphatic heterocycles. The van der Waals surface area contributed by atoms with Crippen molar-refractivity contribution >= 4 is 7.82 Å². The number of phosphoric acid groups is 1. The van der Waals surface area contributed by atoms with Crippen LogP contribution in [0.5, 0.6) is 0 Å². The SMILES string of the molecule is CC1(C)CCC(C)(C)OP(=O)(OCCCc2ccccc2)O1. The minimum absolute atomic E-state index is 0.359. The molecule has 0 saturated carbocycles. The van der Waals surface area contributed by atoms with Crippen LogP contribution in [-0.4, -0.2) is 17.8 Å². The maximum Gasteiger partial charge on any atom is 0.475 e. The van der Waals surface area contributed by atoms with E-state index in [2.05, 4.69) is 12.1 Å². The Hall–Kier alpha value is -0.670. The summed E-state index contributed by atoms with van der Waals surface area (Å²) in [6.07, 6.45) is 3.24. The molecule has 0 atom stereocenters. The van der Waals surface area contributed by atoms with Gasteiger partial charge in [-0.05, 0) is 58.9 Å². The second-order valence-corrected chi connectivity index (χ2v) is 8.59. The van der Waals surface area contributed by atoms with Gasteiger partial charge in [0.1, 0.15) is 0 Å². The summed E-state index contributed by atoms with van der Waals surface area (Å²) in [4.78, 5) is 0. The van der Waals surface area contributed by atoms with Crippen molar-refractivity contribution in [2.75, 3.05) is 6.61 Å². The third-order valence-corrected chi connectivity index (χ3v) is 5.68. The van der Waals surface area contributed by atoms with Crippen molar-refractivity contribution in [2.45, 2.75) is 64.6 Å². The zero-order valence-corrected chi connectivity index (χ0v) is 14.9. The Balaban J connectivity index is 1.90. The average molecular weight is 326 g/mol. The summed E-state index contributed by atoms with van der Waals surface area (Å²) in [6, 6.07) is 10.2. The van der Waals surface area contributed by atoms with Crippen molar-refractivity contribution < 1.29 is 18.1 Å². The third-order valence-electron chi connectivity index (χ3n) is 3.75. The molecule has 124 valence electrons. The lowest BCUT2D eigenvalue weighted by atomic mass is 9.94. The van der Waals surface area contributed by atoms with Crippen LogP contribution >= 0.6 is 7.82 Å². The van der Waals surface area contributed by atoms with E-state index in [1.165, 1.54) is 5.56 Å². The van der Waals surface area contributed by atoms with Crippen LogP contribution in [0.2, 0.25) is 0 Å². The molecule has 0 aliphatic carbocycles. The van der Waals surface area contributed by atoms with E-state index in [1.54, 1.807) is 0 Å². The summed E-state index contributed by atoms with van der Waals surface area (Å²) in [7, 11) is -3.52. The van der Waals surface area contributed by atoms with E-state index in [1.807, 2.05) is 45.9 Å². The molecule has 0 N–H and O–H groups in total. The number of benzene rings is 1. The fourth-order valence-electron chi connectivity index (χ4n) is 2.47. The van der Waals surface area contributed by atoms with Gasteiger partial charge in [0.15, 0.2) is 0 Å². The predicted octanol–water partition coefficient (Wildman–Crippen LogP) is 5.13. The van der Waals surface area contributed by atoms with Gasteiger partial charge in [0.2, 0.25) is 0 Å². The summed E-state index contributed by atoms with van der Waals surface area (Å²) in [5.74, 6) is 0. The molecule has 0 radical (unpaired) electrons. The highest BCUT2D eigenvalue weighted by Gasteiger charge is 2.44. The van der Waals surface area contributed by atoms with Crippen molar-refractivity contribution in [1.29, 1.82) is 0 Å². The van der Waals surface area contributed by atoms with E-state index in [0.29, 0.717) is 6.61 Å². The van der Waals surface area contributed by atoms with Gasteiger partial charge in [-0.2, -0.15) is 0 Å². The largest absolute Gasteiger partial charge is 0.475 e. The molecule has 5 heteroatoms. The molecule has 0 spiro atoms. The number of rotatable bonds is 5. The van der Waals surface area contributed by atoms with Crippen LogP contribution in [0, 0.1) is 0 Å². The zero-order valence-electron chi connectivity index (χ0n) is 14.0. The smallest absolute Gasteiger partial charge is 0.287 e. The van der Waals surface area contributed by atoms with Gasteiger partial charge in [-0.3, -0.25) is 13.6 Å². The van der Waals surface area contributed by atoms with Crippen molar-refractivity contribution in [3.63, 3.8) is 0 Å². The van der Waals surface area contributed by atoms with Crippen LogP contribution in [0.4, 0.5) is 0 Å². The Morgan fingerprint density at radius 1 is 1.05 bits per heavy atom. The van der Waals surface area contributed by atoms with Crippen LogP contribution in [0.3, 0.4) is 0 Å². The molecule has 22 heavy (non-hydrogen) atoms. The lowest BCUT2D eigenvalue weighted by molar-refractivity contribution is 0.0253. The maximum absolute atomic E-state index is 12.8. The van der Waals surface area contributed by atoms with Gasteiger partial charge in [-0.1, -0.05) is 30.3 Å². The van der Waals surface area contributed by atoms with Crippen LogP contribution in [0.1, 0.15) is 52.5 Å². The zero-order chi connectivity index (χ0) is 16.3. The first-order valence-electron chi connectivity index (χ1n) is 7.90. The Kier molecular flexibility index (Phi) is 5.50.